The van der Waals surface area contributed by atoms with E-state index in [2.05, 4.69) is 33.0 Å². The Morgan fingerprint density at radius 3 is 2.52 bits per heavy atom. The fourth-order valence-electron chi connectivity index (χ4n) is 3.36. The number of carbonyl (C=O) groups is 1. The van der Waals surface area contributed by atoms with Crippen molar-refractivity contribution in [1.29, 1.82) is 0 Å². The first kappa shape index (κ1) is 22.3. The van der Waals surface area contributed by atoms with Gasteiger partial charge in [-0.3, -0.25) is 4.79 Å². The normalized spacial score (nSPS) is 12.0. The molecule has 0 radical (unpaired) electrons. The van der Waals surface area contributed by atoms with Crippen LogP contribution in [0.2, 0.25) is 10.0 Å². The summed E-state index contributed by atoms with van der Waals surface area (Å²) in [7, 11) is 0. The number of benzene rings is 2. The number of rotatable bonds is 5. The number of thiophene rings is 1. The van der Waals surface area contributed by atoms with Gasteiger partial charge in [0.2, 0.25) is 0 Å². The monoisotopic (exact) mass is 581 g/mol. The third-order valence-corrected chi connectivity index (χ3v) is 7.37. The lowest BCUT2D eigenvalue weighted by atomic mass is 10.1. The van der Waals surface area contributed by atoms with E-state index in [1.165, 1.54) is 0 Å². The van der Waals surface area contributed by atoms with E-state index in [0.717, 1.165) is 24.6 Å². The molecule has 8 heteroatoms. The second kappa shape index (κ2) is 9.32. The number of carbonyl (C=O) groups excluding carboxylic acids is 1. The Hall–Kier alpha value is -1.87. The third-order valence-electron chi connectivity index (χ3n) is 4.93. The minimum atomic E-state index is -0.231. The molecule has 0 bridgehead atoms. The second-order valence-electron chi connectivity index (χ2n) is 7.04. The van der Waals surface area contributed by atoms with Gasteiger partial charge in [-0.25, -0.2) is 4.68 Å². The average Bonchev–Trinajstić information content (AvgIpc) is 3.31. The zero-order chi connectivity index (χ0) is 22.1. The van der Waals surface area contributed by atoms with Gasteiger partial charge in [0.1, 0.15) is 0 Å². The number of nitrogens with zero attached hydrogens (tertiary/aromatic N) is 2. The molecule has 4 rings (SSSR count). The van der Waals surface area contributed by atoms with Gasteiger partial charge >= 0.3 is 0 Å². The Kier molecular flexibility index (Phi) is 6.71. The van der Waals surface area contributed by atoms with Gasteiger partial charge in [-0.2, -0.15) is 5.10 Å². The van der Waals surface area contributed by atoms with Gasteiger partial charge in [-0.05, 0) is 72.3 Å². The SMILES string of the molecule is Cc1c(C(=O)NC(C)c2ccccc2)nn(-c2ccc(Cl)cc2Cl)c1-c1ccc(I)s1. The highest BCUT2D eigenvalue weighted by Crippen LogP contribution is 2.36. The molecular formula is C23H18Cl2IN3OS. The van der Waals surface area contributed by atoms with Crippen LogP contribution >= 0.6 is 57.1 Å². The highest BCUT2D eigenvalue weighted by atomic mass is 127. The topological polar surface area (TPSA) is 46.9 Å². The van der Waals surface area contributed by atoms with Crippen LogP contribution in [-0.2, 0) is 0 Å². The second-order valence-corrected chi connectivity index (χ2v) is 10.9. The molecule has 4 nitrogen and oxygen atoms in total. The fourth-order valence-corrected chi connectivity index (χ4v) is 5.56. The summed E-state index contributed by atoms with van der Waals surface area (Å²) in [4.78, 5) is 14.2. The van der Waals surface area contributed by atoms with Gasteiger partial charge in [-0.1, -0.05) is 53.5 Å². The van der Waals surface area contributed by atoms with E-state index in [-0.39, 0.29) is 11.9 Å². The molecule has 2 aromatic heterocycles. The van der Waals surface area contributed by atoms with Crippen LogP contribution in [0, 0.1) is 9.81 Å². The predicted octanol–water partition coefficient (Wildman–Crippen LogP) is 7.31. The summed E-state index contributed by atoms with van der Waals surface area (Å²) in [5.74, 6) is -0.231. The van der Waals surface area contributed by atoms with E-state index in [1.807, 2.05) is 62.4 Å². The Morgan fingerprint density at radius 2 is 1.87 bits per heavy atom. The maximum atomic E-state index is 13.2. The smallest absolute Gasteiger partial charge is 0.272 e. The summed E-state index contributed by atoms with van der Waals surface area (Å²) >= 11 is 16.5. The van der Waals surface area contributed by atoms with Gasteiger partial charge in [0, 0.05) is 10.6 Å². The van der Waals surface area contributed by atoms with Crippen molar-refractivity contribution in [3.8, 4) is 16.3 Å². The van der Waals surface area contributed by atoms with E-state index in [0.29, 0.717) is 21.4 Å². The van der Waals surface area contributed by atoms with Gasteiger partial charge in [0.05, 0.1) is 30.2 Å². The van der Waals surface area contributed by atoms with Crippen LogP contribution in [0.1, 0.15) is 34.6 Å². The lowest BCUT2D eigenvalue weighted by Crippen LogP contribution is -2.27. The lowest BCUT2D eigenvalue weighted by molar-refractivity contribution is 0.0934. The molecule has 0 aliphatic carbocycles. The summed E-state index contributed by atoms with van der Waals surface area (Å²) in [6.07, 6.45) is 0. The number of hydrogen-bond acceptors (Lipinski definition) is 3. The van der Waals surface area contributed by atoms with Gasteiger partial charge in [0.25, 0.3) is 5.91 Å². The molecule has 0 aliphatic rings. The largest absolute Gasteiger partial charge is 0.344 e. The Balaban J connectivity index is 1.79. The summed E-state index contributed by atoms with van der Waals surface area (Å²) in [6.45, 7) is 3.87. The zero-order valence-corrected chi connectivity index (χ0v) is 21.2. The Morgan fingerprint density at radius 1 is 1.13 bits per heavy atom. The van der Waals surface area contributed by atoms with Crippen molar-refractivity contribution in [2.24, 2.45) is 0 Å². The highest BCUT2D eigenvalue weighted by Gasteiger charge is 2.25. The van der Waals surface area contributed by atoms with E-state index in [4.69, 9.17) is 23.2 Å². The van der Waals surface area contributed by atoms with E-state index in [9.17, 15) is 4.79 Å². The minimum absolute atomic E-state index is 0.150. The molecular weight excluding hydrogens is 564 g/mol. The van der Waals surface area contributed by atoms with Crippen molar-refractivity contribution in [3.63, 3.8) is 0 Å². The first-order valence-electron chi connectivity index (χ1n) is 9.51. The highest BCUT2D eigenvalue weighted by molar-refractivity contribution is 14.1. The van der Waals surface area contributed by atoms with Crippen molar-refractivity contribution < 1.29 is 4.79 Å². The van der Waals surface area contributed by atoms with Crippen LogP contribution in [-0.4, -0.2) is 15.7 Å². The average molecular weight is 582 g/mol. The summed E-state index contributed by atoms with van der Waals surface area (Å²) in [5.41, 5.74) is 3.70. The molecule has 1 atom stereocenters. The lowest BCUT2D eigenvalue weighted by Gasteiger charge is -2.13. The van der Waals surface area contributed by atoms with Crippen molar-refractivity contribution >= 4 is 63.0 Å². The van der Waals surface area contributed by atoms with Crippen LogP contribution in [0.5, 0.6) is 0 Å². The molecule has 158 valence electrons. The number of amides is 1. The molecule has 0 aliphatic heterocycles. The molecule has 2 aromatic carbocycles. The first-order valence-corrected chi connectivity index (χ1v) is 12.2. The number of halogens is 3. The quantitative estimate of drug-likeness (QED) is 0.251. The fraction of sp³-hybridized carbons (Fsp3) is 0.130. The molecule has 0 saturated carbocycles. The Bertz CT molecular complexity index is 1250. The van der Waals surface area contributed by atoms with Gasteiger partial charge in [0.15, 0.2) is 5.69 Å². The maximum Gasteiger partial charge on any atom is 0.272 e. The molecule has 1 amide bonds. The number of hydrogen-bond donors (Lipinski definition) is 1. The van der Waals surface area contributed by atoms with Crippen LogP contribution < -0.4 is 5.32 Å². The van der Waals surface area contributed by atoms with E-state index in [1.54, 1.807) is 28.2 Å². The van der Waals surface area contributed by atoms with Crippen LogP contribution in [0.3, 0.4) is 0 Å². The van der Waals surface area contributed by atoms with Crippen LogP contribution in [0.4, 0.5) is 0 Å². The van der Waals surface area contributed by atoms with Crippen molar-refractivity contribution in [2.75, 3.05) is 0 Å². The standard InChI is InChI=1S/C23H18Cl2IN3OS/c1-13-21(23(30)27-14(2)15-6-4-3-5-7-15)28-29(18-9-8-16(24)12-17(18)25)22(13)19-10-11-20(26)31-19/h3-12,14H,1-2H3,(H,27,30). The molecule has 1 unspecified atom stereocenters. The molecule has 0 fully saturated rings. The zero-order valence-electron chi connectivity index (χ0n) is 16.7. The van der Waals surface area contributed by atoms with Gasteiger partial charge in [-0.15, -0.1) is 11.3 Å². The first-order chi connectivity index (χ1) is 14.8. The number of nitrogens with one attached hydrogen (secondary N) is 1. The van der Waals surface area contributed by atoms with Crippen LogP contribution in [0.25, 0.3) is 16.3 Å². The van der Waals surface area contributed by atoms with Crippen LogP contribution in [0.15, 0.2) is 60.7 Å². The predicted molar refractivity (Wildman–Crippen MR) is 137 cm³/mol. The van der Waals surface area contributed by atoms with Crippen molar-refractivity contribution in [3.05, 3.63) is 90.4 Å². The molecule has 0 saturated heterocycles. The molecule has 31 heavy (non-hydrogen) atoms. The Labute approximate surface area is 208 Å². The minimum Gasteiger partial charge on any atom is -0.344 e. The number of aromatic nitrogens is 2. The summed E-state index contributed by atoms with van der Waals surface area (Å²) in [5, 5.41) is 8.75. The van der Waals surface area contributed by atoms with Crippen molar-refractivity contribution in [2.45, 2.75) is 19.9 Å². The van der Waals surface area contributed by atoms with Crippen molar-refractivity contribution in [1.82, 2.24) is 15.1 Å². The van der Waals surface area contributed by atoms with E-state index < -0.39 is 0 Å². The third kappa shape index (κ3) is 4.67. The van der Waals surface area contributed by atoms with Gasteiger partial charge < -0.3 is 5.32 Å². The summed E-state index contributed by atoms with van der Waals surface area (Å²) in [6, 6.07) is 19.0. The molecule has 4 aromatic rings. The maximum absolute atomic E-state index is 13.2. The summed E-state index contributed by atoms with van der Waals surface area (Å²) < 4.78 is 2.88. The molecule has 1 N–H and O–H groups in total. The molecule has 2 heterocycles. The molecule has 0 spiro atoms. The van der Waals surface area contributed by atoms with E-state index >= 15 is 0 Å².